The third kappa shape index (κ3) is 6.05. The molecular formula is C25H22BrF3N4O2. The molecule has 182 valence electrons. The standard InChI is InChI=1S/C25H22BrF3N4O2/c1-15-2-3-16(12-30-15)22(34)11-24(8-9-24)23(35)32-13-18-5-6-19(14-31-18)33-21-7-4-17(26)10-20(21)25(27,28)29/h2-7,10,12,14,33H,8-9,11,13H2,1H3,(H,32,35). The Morgan fingerprint density at radius 1 is 1.06 bits per heavy atom. The number of pyridine rings is 2. The Kier molecular flexibility index (Phi) is 6.93. The molecular weight excluding hydrogens is 525 g/mol. The molecule has 0 radical (unpaired) electrons. The highest BCUT2D eigenvalue weighted by molar-refractivity contribution is 9.10. The summed E-state index contributed by atoms with van der Waals surface area (Å²) in [6.45, 7) is 1.98. The minimum absolute atomic E-state index is 0.0901. The zero-order chi connectivity index (χ0) is 25.2. The van der Waals surface area contributed by atoms with Crippen LogP contribution in [0.2, 0.25) is 0 Å². The van der Waals surface area contributed by atoms with E-state index in [0.29, 0.717) is 34.3 Å². The largest absolute Gasteiger partial charge is 0.418 e. The summed E-state index contributed by atoms with van der Waals surface area (Å²) in [6, 6.07) is 10.6. The number of carbonyl (C=O) groups excluding carboxylic acids is 2. The maximum absolute atomic E-state index is 13.3. The van der Waals surface area contributed by atoms with Crippen LogP contribution in [0.25, 0.3) is 0 Å². The van der Waals surface area contributed by atoms with Gasteiger partial charge in [0.15, 0.2) is 5.78 Å². The molecule has 3 aromatic rings. The Labute approximate surface area is 208 Å². The molecule has 2 N–H and O–H groups in total. The molecule has 2 heterocycles. The smallest absolute Gasteiger partial charge is 0.354 e. The maximum Gasteiger partial charge on any atom is 0.418 e. The van der Waals surface area contributed by atoms with Crippen LogP contribution < -0.4 is 10.6 Å². The number of alkyl halides is 3. The fraction of sp³-hybridized carbons (Fsp3) is 0.280. The van der Waals surface area contributed by atoms with Crippen molar-refractivity contribution in [1.29, 1.82) is 0 Å². The predicted molar refractivity (Wildman–Crippen MR) is 128 cm³/mol. The van der Waals surface area contributed by atoms with Gasteiger partial charge in [0.05, 0.1) is 40.8 Å². The lowest BCUT2D eigenvalue weighted by Gasteiger charge is -2.16. The van der Waals surface area contributed by atoms with Crippen LogP contribution in [0.3, 0.4) is 0 Å². The van der Waals surface area contributed by atoms with Crippen molar-refractivity contribution in [1.82, 2.24) is 15.3 Å². The molecule has 0 spiro atoms. The van der Waals surface area contributed by atoms with Gasteiger partial charge in [0.2, 0.25) is 5.91 Å². The number of carbonyl (C=O) groups is 2. The SMILES string of the molecule is Cc1ccc(C(=O)CC2(C(=O)NCc3ccc(Nc4ccc(Br)cc4C(F)(F)F)cn3)CC2)cn1. The number of ketones is 1. The number of amides is 1. The molecule has 6 nitrogen and oxygen atoms in total. The number of benzene rings is 1. The average Bonchev–Trinajstić information content (AvgIpc) is 3.60. The molecule has 1 fully saturated rings. The van der Waals surface area contributed by atoms with E-state index < -0.39 is 17.2 Å². The summed E-state index contributed by atoms with van der Waals surface area (Å²) in [6.07, 6.45) is -0.195. The van der Waals surface area contributed by atoms with Gasteiger partial charge in [0, 0.05) is 28.3 Å². The van der Waals surface area contributed by atoms with E-state index in [4.69, 9.17) is 0 Å². The lowest BCUT2D eigenvalue weighted by molar-refractivity contribution is -0.137. The average molecular weight is 547 g/mol. The molecule has 0 saturated heterocycles. The van der Waals surface area contributed by atoms with Crippen molar-refractivity contribution < 1.29 is 22.8 Å². The number of nitrogens with one attached hydrogen (secondary N) is 2. The van der Waals surface area contributed by atoms with Crippen molar-refractivity contribution in [2.75, 3.05) is 5.32 Å². The molecule has 35 heavy (non-hydrogen) atoms. The lowest BCUT2D eigenvalue weighted by Crippen LogP contribution is -2.33. The van der Waals surface area contributed by atoms with E-state index in [1.165, 1.54) is 24.5 Å². The molecule has 0 unspecified atom stereocenters. The van der Waals surface area contributed by atoms with Crippen molar-refractivity contribution in [2.24, 2.45) is 5.41 Å². The number of aryl methyl sites for hydroxylation is 1. The number of aromatic nitrogens is 2. The van der Waals surface area contributed by atoms with E-state index in [-0.39, 0.29) is 30.3 Å². The van der Waals surface area contributed by atoms with Crippen LogP contribution in [0, 0.1) is 12.3 Å². The number of rotatable bonds is 8. The first-order chi connectivity index (χ1) is 16.6. The van der Waals surface area contributed by atoms with Crippen LogP contribution in [0.15, 0.2) is 59.3 Å². The maximum atomic E-state index is 13.3. The normalized spacial score (nSPS) is 14.3. The summed E-state index contributed by atoms with van der Waals surface area (Å²) in [5, 5.41) is 5.57. The van der Waals surface area contributed by atoms with Gasteiger partial charge >= 0.3 is 6.18 Å². The number of hydrogen-bond donors (Lipinski definition) is 2. The van der Waals surface area contributed by atoms with E-state index in [1.54, 1.807) is 24.3 Å². The number of halogens is 4. The second kappa shape index (κ2) is 9.77. The summed E-state index contributed by atoms with van der Waals surface area (Å²) in [7, 11) is 0. The fourth-order valence-electron chi connectivity index (χ4n) is 3.65. The Balaban J connectivity index is 1.34. The summed E-state index contributed by atoms with van der Waals surface area (Å²) >= 11 is 3.06. The Bertz CT molecular complexity index is 1240. The first-order valence-electron chi connectivity index (χ1n) is 10.9. The zero-order valence-electron chi connectivity index (χ0n) is 18.7. The topological polar surface area (TPSA) is 84.0 Å². The minimum atomic E-state index is -4.51. The van der Waals surface area contributed by atoms with Crippen molar-refractivity contribution in [3.05, 3.63) is 81.8 Å². The Morgan fingerprint density at radius 3 is 2.43 bits per heavy atom. The second-order valence-corrected chi connectivity index (χ2v) is 9.52. The van der Waals surface area contributed by atoms with Crippen molar-refractivity contribution >= 4 is 39.0 Å². The van der Waals surface area contributed by atoms with Gasteiger partial charge in [-0.15, -0.1) is 0 Å². The van der Waals surface area contributed by atoms with E-state index in [0.717, 1.165) is 11.8 Å². The Hall–Kier alpha value is -3.27. The van der Waals surface area contributed by atoms with Gasteiger partial charge in [-0.1, -0.05) is 15.9 Å². The monoisotopic (exact) mass is 546 g/mol. The highest BCUT2D eigenvalue weighted by atomic mass is 79.9. The van der Waals surface area contributed by atoms with Gasteiger partial charge in [-0.05, 0) is 62.2 Å². The summed E-state index contributed by atoms with van der Waals surface area (Å²) in [4.78, 5) is 33.7. The molecule has 1 aliphatic carbocycles. The molecule has 0 aliphatic heterocycles. The number of nitrogens with zero attached hydrogens (tertiary/aromatic N) is 2. The third-order valence-electron chi connectivity index (χ3n) is 5.89. The van der Waals surface area contributed by atoms with Gasteiger partial charge in [-0.3, -0.25) is 19.6 Å². The molecule has 2 aromatic heterocycles. The van der Waals surface area contributed by atoms with E-state index in [1.807, 2.05) is 6.92 Å². The highest BCUT2D eigenvalue weighted by Crippen LogP contribution is 2.49. The number of anilines is 2. The Morgan fingerprint density at radius 2 is 1.83 bits per heavy atom. The van der Waals surface area contributed by atoms with Gasteiger partial charge in [-0.2, -0.15) is 13.2 Å². The zero-order valence-corrected chi connectivity index (χ0v) is 20.3. The molecule has 0 bridgehead atoms. The molecule has 1 aliphatic rings. The van der Waals surface area contributed by atoms with Crippen LogP contribution in [0.1, 0.15) is 46.6 Å². The first-order valence-corrected chi connectivity index (χ1v) is 11.7. The number of hydrogen-bond acceptors (Lipinski definition) is 5. The summed E-state index contributed by atoms with van der Waals surface area (Å²) < 4.78 is 40.3. The van der Waals surface area contributed by atoms with E-state index in [9.17, 15) is 22.8 Å². The van der Waals surface area contributed by atoms with Crippen molar-refractivity contribution in [2.45, 2.75) is 38.9 Å². The van der Waals surface area contributed by atoms with Gasteiger partial charge in [0.25, 0.3) is 0 Å². The predicted octanol–water partition coefficient (Wildman–Crippen LogP) is 5.98. The summed E-state index contributed by atoms with van der Waals surface area (Å²) in [5.41, 5.74) is 0.621. The van der Waals surface area contributed by atoms with E-state index >= 15 is 0 Å². The van der Waals surface area contributed by atoms with Gasteiger partial charge in [-0.25, -0.2) is 0 Å². The quantitative estimate of drug-likeness (QED) is 0.339. The lowest BCUT2D eigenvalue weighted by atomic mass is 9.95. The van der Waals surface area contributed by atoms with Crippen LogP contribution >= 0.6 is 15.9 Å². The van der Waals surface area contributed by atoms with Gasteiger partial charge in [0.1, 0.15) is 0 Å². The fourth-order valence-corrected chi connectivity index (χ4v) is 4.02. The van der Waals surface area contributed by atoms with E-state index in [2.05, 4.69) is 36.5 Å². The van der Waals surface area contributed by atoms with Crippen LogP contribution in [0.4, 0.5) is 24.5 Å². The second-order valence-electron chi connectivity index (χ2n) is 8.60. The number of Topliss-reactive ketones (excluding diaryl/α,β-unsaturated/α-hetero) is 1. The molecule has 1 amide bonds. The minimum Gasteiger partial charge on any atom is -0.354 e. The molecule has 1 saturated carbocycles. The van der Waals surface area contributed by atoms with Gasteiger partial charge < -0.3 is 10.6 Å². The van der Waals surface area contributed by atoms with Crippen LogP contribution in [0.5, 0.6) is 0 Å². The molecule has 4 rings (SSSR count). The van der Waals surface area contributed by atoms with Crippen molar-refractivity contribution in [3.8, 4) is 0 Å². The van der Waals surface area contributed by atoms with Crippen LogP contribution in [-0.4, -0.2) is 21.7 Å². The third-order valence-corrected chi connectivity index (χ3v) is 6.38. The first kappa shape index (κ1) is 24.8. The van der Waals surface area contributed by atoms with Crippen molar-refractivity contribution in [3.63, 3.8) is 0 Å². The molecule has 10 heteroatoms. The van der Waals surface area contributed by atoms with Crippen LogP contribution in [-0.2, 0) is 17.5 Å². The molecule has 0 atom stereocenters. The molecule has 1 aromatic carbocycles. The summed E-state index contributed by atoms with van der Waals surface area (Å²) in [5.74, 6) is -0.329. The highest BCUT2D eigenvalue weighted by Gasteiger charge is 2.51.